The Bertz CT molecular complexity index is 1260. The number of fused-ring (bicyclic) bond motifs is 4. The minimum atomic E-state index is -1.07. The lowest BCUT2D eigenvalue weighted by Crippen LogP contribution is -2.55. The summed E-state index contributed by atoms with van der Waals surface area (Å²) >= 11 is 0. The first-order valence-electron chi connectivity index (χ1n) is 14.8. The minimum Gasteiger partial charge on any atom is -0.346 e. The largest absolute Gasteiger partial charge is 0.346 e. The van der Waals surface area contributed by atoms with Crippen molar-refractivity contribution in [3.8, 4) is 0 Å². The number of nitrogens with one attached hydrogen (secondary N) is 2. The SMILES string of the molecule is CC1(C)[C@@H]2CC[C@@]1(C(=O)N[C@H](c1ccccc1)[C@H](NC(=O)[C@]13CC[C@H](CC1=O)C3(C)C)c1ccccc1)C(=O)C2. The van der Waals surface area contributed by atoms with Gasteiger partial charge in [0.25, 0.3) is 0 Å². The van der Waals surface area contributed by atoms with E-state index < -0.39 is 33.7 Å². The molecule has 4 saturated carbocycles. The number of carbonyl (C=O) groups excluding carboxylic acids is 4. The summed E-state index contributed by atoms with van der Waals surface area (Å²) in [4.78, 5) is 55.3. The Labute approximate surface area is 236 Å². The summed E-state index contributed by atoms with van der Waals surface area (Å²) < 4.78 is 0. The van der Waals surface area contributed by atoms with Crippen LogP contribution in [0.25, 0.3) is 0 Å². The van der Waals surface area contributed by atoms with Gasteiger partial charge in [-0.3, -0.25) is 19.2 Å². The predicted octanol–water partition coefficient (Wildman–Crippen LogP) is 5.49. The second-order valence-corrected chi connectivity index (χ2v) is 13.7. The van der Waals surface area contributed by atoms with Gasteiger partial charge in [0.05, 0.1) is 12.1 Å². The first-order valence-corrected chi connectivity index (χ1v) is 14.8. The lowest BCUT2D eigenvalue weighted by Gasteiger charge is -2.40. The molecule has 4 aliphatic rings. The average molecular weight is 541 g/mol. The van der Waals surface area contributed by atoms with Crippen LogP contribution in [-0.2, 0) is 19.2 Å². The molecule has 0 radical (unpaired) electrons. The van der Waals surface area contributed by atoms with E-state index in [1.807, 2.05) is 88.4 Å². The normalized spacial score (nSPS) is 32.6. The molecule has 4 aliphatic carbocycles. The van der Waals surface area contributed by atoms with Crippen LogP contribution >= 0.6 is 0 Å². The number of benzene rings is 2. The van der Waals surface area contributed by atoms with Crippen LogP contribution < -0.4 is 10.6 Å². The molecule has 0 heterocycles. The summed E-state index contributed by atoms with van der Waals surface area (Å²) in [7, 11) is 0. The van der Waals surface area contributed by atoms with Gasteiger partial charge < -0.3 is 10.6 Å². The molecular formula is C34H40N2O4. The fourth-order valence-corrected chi connectivity index (χ4v) is 8.99. The van der Waals surface area contributed by atoms with Gasteiger partial charge in [-0.15, -0.1) is 0 Å². The number of amides is 2. The van der Waals surface area contributed by atoms with Crippen molar-refractivity contribution in [2.24, 2.45) is 33.5 Å². The van der Waals surface area contributed by atoms with Gasteiger partial charge in [-0.25, -0.2) is 0 Å². The molecule has 4 bridgehead atoms. The van der Waals surface area contributed by atoms with E-state index >= 15 is 0 Å². The Hall–Kier alpha value is -3.28. The molecule has 210 valence electrons. The molecule has 6 nitrogen and oxygen atoms in total. The molecule has 0 saturated heterocycles. The van der Waals surface area contributed by atoms with Gasteiger partial charge in [-0.05, 0) is 59.5 Å². The van der Waals surface area contributed by atoms with Gasteiger partial charge in [0.15, 0.2) is 0 Å². The maximum absolute atomic E-state index is 14.3. The van der Waals surface area contributed by atoms with E-state index in [1.54, 1.807) is 0 Å². The van der Waals surface area contributed by atoms with Crippen LogP contribution in [-0.4, -0.2) is 23.4 Å². The third-order valence-electron chi connectivity index (χ3n) is 11.8. The lowest BCUT2D eigenvalue weighted by atomic mass is 9.67. The molecule has 6 rings (SSSR count). The minimum absolute atomic E-state index is 0.0209. The molecule has 2 aromatic carbocycles. The standard InChI is InChI=1S/C34H40N2O4/c1-31(2)23-15-17-33(31,25(37)19-23)29(39)35-27(21-11-7-5-8-12-21)28(22-13-9-6-10-14-22)36-30(40)34-18-16-24(20-26(34)38)32(34,3)4/h5-14,23-24,27-28H,15-20H2,1-4H3,(H,35,39)(H,36,40)/t23-,24-,27-,28-,33+,34+/m1/s1. The molecule has 6 atom stereocenters. The lowest BCUT2D eigenvalue weighted by molar-refractivity contribution is -0.148. The molecule has 40 heavy (non-hydrogen) atoms. The van der Waals surface area contributed by atoms with E-state index in [-0.39, 0.29) is 35.2 Å². The third kappa shape index (κ3) is 3.47. The number of rotatable bonds is 7. The maximum Gasteiger partial charge on any atom is 0.234 e. The molecule has 0 aliphatic heterocycles. The summed E-state index contributed by atoms with van der Waals surface area (Å²) in [6, 6.07) is 18.0. The Morgan fingerprint density at radius 1 is 0.650 bits per heavy atom. The monoisotopic (exact) mass is 540 g/mol. The van der Waals surface area contributed by atoms with Gasteiger partial charge in [0.2, 0.25) is 11.8 Å². The van der Waals surface area contributed by atoms with Crippen molar-refractivity contribution in [3.63, 3.8) is 0 Å². The molecule has 2 aromatic rings. The zero-order valence-electron chi connectivity index (χ0n) is 24.0. The highest BCUT2D eigenvalue weighted by atomic mass is 16.2. The van der Waals surface area contributed by atoms with Crippen molar-refractivity contribution >= 4 is 23.4 Å². The van der Waals surface area contributed by atoms with Crippen molar-refractivity contribution in [1.29, 1.82) is 0 Å². The Morgan fingerprint density at radius 2 is 1.00 bits per heavy atom. The third-order valence-corrected chi connectivity index (χ3v) is 11.8. The Balaban J connectivity index is 1.41. The second kappa shape index (κ2) is 9.12. The van der Waals surface area contributed by atoms with E-state index in [2.05, 4.69) is 10.6 Å². The average Bonchev–Trinajstić information content (AvgIpc) is 3.50. The van der Waals surface area contributed by atoms with Gasteiger partial charge in [-0.2, -0.15) is 0 Å². The summed E-state index contributed by atoms with van der Waals surface area (Å²) in [5.41, 5.74) is -1.35. The van der Waals surface area contributed by atoms with E-state index in [4.69, 9.17) is 0 Å². The van der Waals surface area contributed by atoms with Crippen molar-refractivity contribution in [1.82, 2.24) is 10.6 Å². The maximum atomic E-state index is 14.3. The Morgan fingerprint density at radius 3 is 1.27 bits per heavy atom. The van der Waals surface area contributed by atoms with Crippen molar-refractivity contribution in [2.75, 3.05) is 0 Å². The first-order chi connectivity index (χ1) is 19.0. The van der Waals surface area contributed by atoms with E-state index in [1.165, 1.54) is 0 Å². The molecule has 4 fully saturated rings. The first kappa shape index (κ1) is 26.9. The molecule has 2 N–H and O–H groups in total. The van der Waals surface area contributed by atoms with Crippen molar-refractivity contribution in [2.45, 2.75) is 78.3 Å². The topological polar surface area (TPSA) is 92.3 Å². The quantitative estimate of drug-likeness (QED) is 0.454. The summed E-state index contributed by atoms with van der Waals surface area (Å²) in [5.74, 6) is -0.0722. The molecular weight excluding hydrogens is 500 g/mol. The number of hydrogen-bond donors (Lipinski definition) is 2. The van der Waals surface area contributed by atoms with Gasteiger partial charge in [0, 0.05) is 12.8 Å². The molecule has 6 heteroatoms. The zero-order valence-corrected chi connectivity index (χ0v) is 24.0. The molecule has 0 aromatic heterocycles. The van der Waals surface area contributed by atoms with Gasteiger partial charge in [0.1, 0.15) is 22.4 Å². The van der Waals surface area contributed by atoms with Gasteiger partial charge >= 0.3 is 0 Å². The van der Waals surface area contributed by atoms with E-state index in [0.29, 0.717) is 25.7 Å². The fourth-order valence-electron chi connectivity index (χ4n) is 8.99. The van der Waals surface area contributed by atoms with Crippen LogP contribution in [0.3, 0.4) is 0 Å². The van der Waals surface area contributed by atoms with Crippen molar-refractivity contribution < 1.29 is 19.2 Å². The van der Waals surface area contributed by atoms with Crippen LogP contribution in [0, 0.1) is 33.5 Å². The van der Waals surface area contributed by atoms with Crippen molar-refractivity contribution in [3.05, 3.63) is 71.8 Å². The summed E-state index contributed by atoms with van der Waals surface area (Å²) in [5, 5.41) is 6.58. The highest BCUT2D eigenvalue weighted by molar-refractivity contribution is 6.10. The zero-order chi connectivity index (χ0) is 28.5. The highest BCUT2D eigenvalue weighted by Gasteiger charge is 2.69. The molecule has 0 spiro atoms. The number of ketones is 2. The highest BCUT2D eigenvalue weighted by Crippen LogP contribution is 2.65. The summed E-state index contributed by atoms with van der Waals surface area (Å²) in [6.07, 6.45) is 3.70. The van der Waals surface area contributed by atoms with E-state index in [9.17, 15) is 19.2 Å². The summed E-state index contributed by atoms with van der Waals surface area (Å²) in [6.45, 7) is 8.19. The fraction of sp³-hybridized carbons (Fsp3) is 0.529. The van der Waals surface area contributed by atoms with Crippen LogP contribution in [0.4, 0.5) is 0 Å². The van der Waals surface area contributed by atoms with Crippen LogP contribution in [0.5, 0.6) is 0 Å². The second-order valence-electron chi connectivity index (χ2n) is 13.7. The van der Waals surface area contributed by atoms with Crippen LogP contribution in [0.15, 0.2) is 60.7 Å². The van der Waals surface area contributed by atoms with Crippen LogP contribution in [0.2, 0.25) is 0 Å². The Kier molecular flexibility index (Phi) is 6.14. The van der Waals surface area contributed by atoms with Crippen LogP contribution in [0.1, 0.15) is 89.4 Å². The number of carbonyl (C=O) groups is 4. The van der Waals surface area contributed by atoms with E-state index in [0.717, 1.165) is 24.0 Å². The molecule has 0 unspecified atom stereocenters. The number of hydrogen-bond acceptors (Lipinski definition) is 4. The molecule has 2 amide bonds. The number of Topliss-reactive ketones (excluding diaryl/α,β-unsaturated/α-hetero) is 2. The predicted molar refractivity (Wildman–Crippen MR) is 152 cm³/mol. The van der Waals surface area contributed by atoms with Gasteiger partial charge in [-0.1, -0.05) is 88.4 Å². The smallest absolute Gasteiger partial charge is 0.234 e.